The minimum atomic E-state index is -0.465. The van der Waals surface area contributed by atoms with Crippen molar-refractivity contribution in [3.8, 4) is 0 Å². The Bertz CT molecular complexity index is 181. The Kier molecular flexibility index (Phi) is 11.5. The molecule has 0 bridgehead atoms. The van der Waals surface area contributed by atoms with Gasteiger partial charge in [0.1, 0.15) is 13.2 Å². The molecule has 0 aromatic carbocycles. The summed E-state index contributed by atoms with van der Waals surface area (Å²) in [6, 6.07) is 0. The zero-order chi connectivity index (χ0) is 12.1. The van der Waals surface area contributed by atoms with Crippen molar-refractivity contribution in [2.24, 2.45) is 0 Å². The molecule has 0 unspecified atom stereocenters. The molecule has 0 rings (SSSR count). The molecule has 0 fully saturated rings. The van der Waals surface area contributed by atoms with Crippen molar-refractivity contribution in [2.45, 2.75) is 25.7 Å². The van der Waals surface area contributed by atoms with Crippen molar-refractivity contribution >= 4 is 5.97 Å². The minimum Gasteiger partial charge on any atom is -0.460 e. The van der Waals surface area contributed by atoms with E-state index >= 15 is 0 Å². The predicted octanol–water partition coefficient (Wildman–Crippen LogP) is 1.22. The lowest BCUT2D eigenvalue weighted by Gasteiger charge is -2.04. The highest BCUT2D eigenvalue weighted by Gasteiger charge is 1.95. The Balaban J connectivity index is 2.98. The van der Waals surface area contributed by atoms with E-state index in [2.05, 4.69) is 11.3 Å². The molecular formula is C11H20O5. The van der Waals surface area contributed by atoms with Crippen LogP contribution >= 0.6 is 0 Å². The van der Waals surface area contributed by atoms with Crippen LogP contribution < -0.4 is 0 Å². The van der Waals surface area contributed by atoms with Gasteiger partial charge in [-0.15, -0.1) is 0 Å². The molecule has 0 heterocycles. The van der Waals surface area contributed by atoms with Gasteiger partial charge in [0, 0.05) is 12.7 Å². The van der Waals surface area contributed by atoms with Crippen molar-refractivity contribution in [3.05, 3.63) is 12.7 Å². The highest BCUT2D eigenvalue weighted by molar-refractivity contribution is 5.81. The molecule has 0 saturated heterocycles. The van der Waals surface area contributed by atoms with Crippen molar-refractivity contribution in [1.29, 1.82) is 0 Å². The number of unbranched alkanes of at least 4 members (excludes halogenated alkanes) is 3. The smallest absolute Gasteiger partial charge is 0.330 e. The summed E-state index contributed by atoms with van der Waals surface area (Å²) < 4.78 is 4.66. The lowest BCUT2D eigenvalue weighted by atomic mass is 10.2. The highest BCUT2D eigenvalue weighted by atomic mass is 17.2. The third kappa shape index (κ3) is 11.2. The van der Waals surface area contributed by atoms with Gasteiger partial charge in [-0.05, 0) is 12.8 Å². The first-order valence-electron chi connectivity index (χ1n) is 5.45. The number of aliphatic hydroxyl groups excluding tert-OH is 1. The maximum Gasteiger partial charge on any atom is 0.330 e. The molecule has 94 valence electrons. The standard InChI is InChI=1S/C11H20O5/c1-2-11(13)14-9-10-16-15-8-6-4-3-5-7-12/h2,12H,1,3-10H2. The molecule has 0 saturated carbocycles. The van der Waals surface area contributed by atoms with Crippen LogP contribution in [-0.2, 0) is 19.3 Å². The molecule has 0 aliphatic heterocycles. The number of carbonyl (C=O) groups excluding carboxylic acids is 1. The fourth-order valence-corrected chi connectivity index (χ4v) is 0.979. The summed E-state index contributed by atoms with van der Waals surface area (Å²) in [6.45, 7) is 4.40. The molecule has 0 aliphatic rings. The number of aliphatic hydroxyl groups is 1. The SMILES string of the molecule is C=CC(=O)OCCOOCCCCCCO. The van der Waals surface area contributed by atoms with Gasteiger partial charge >= 0.3 is 5.97 Å². The van der Waals surface area contributed by atoms with Crippen LogP contribution in [0.3, 0.4) is 0 Å². The van der Waals surface area contributed by atoms with Crippen LogP contribution in [0.1, 0.15) is 25.7 Å². The largest absolute Gasteiger partial charge is 0.460 e. The summed E-state index contributed by atoms with van der Waals surface area (Å²) in [5, 5.41) is 8.53. The molecule has 5 heteroatoms. The lowest BCUT2D eigenvalue weighted by molar-refractivity contribution is -0.298. The molecular weight excluding hydrogens is 212 g/mol. The second kappa shape index (κ2) is 12.2. The van der Waals surface area contributed by atoms with Crippen molar-refractivity contribution < 1.29 is 24.4 Å². The summed E-state index contributed by atoms with van der Waals surface area (Å²) >= 11 is 0. The molecule has 0 aromatic heterocycles. The fraction of sp³-hybridized carbons (Fsp3) is 0.727. The normalized spacial score (nSPS) is 10.1. The topological polar surface area (TPSA) is 65.0 Å². The summed E-state index contributed by atoms with van der Waals surface area (Å²) in [5.74, 6) is -0.465. The van der Waals surface area contributed by atoms with Gasteiger partial charge < -0.3 is 9.84 Å². The first-order chi connectivity index (χ1) is 7.81. The maximum absolute atomic E-state index is 10.6. The molecule has 0 atom stereocenters. The summed E-state index contributed by atoms with van der Waals surface area (Å²) in [5.41, 5.74) is 0. The van der Waals surface area contributed by atoms with Crippen LogP contribution in [0, 0.1) is 0 Å². The Morgan fingerprint density at radius 3 is 2.44 bits per heavy atom. The first kappa shape index (κ1) is 15.1. The van der Waals surface area contributed by atoms with E-state index in [1.807, 2.05) is 0 Å². The second-order valence-corrected chi connectivity index (χ2v) is 3.15. The first-order valence-corrected chi connectivity index (χ1v) is 5.45. The Hall–Kier alpha value is -0.910. The highest BCUT2D eigenvalue weighted by Crippen LogP contribution is 1.99. The second-order valence-electron chi connectivity index (χ2n) is 3.15. The quantitative estimate of drug-likeness (QED) is 0.191. The average Bonchev–Trinajstić information content (AvgIpc) is 2.31. The van der Waals surface area contributed by atoms with E-state index in [-0.39, 0.29) is 19.8 Å². The van der Waals surface area contributed by atoms with E-state index in [1.54, 1.807) is 0 Å². The molecule has 0 aromatic rings. The number of carbonyl (C=O) groups is 1. The number of hydrogen-bond acceptors (Lipinski definition) is 5. The Morgan fingerprint density at radius 1 is 1.06 bits per heavy atom. The predicted molar refractivity (Wildman–Crippen MR) is 58.6 cm³/mol. The number of rotatable bonds is 11. The van der Waals surface area contributed by atoms with Crippen LogP contribution in [-0.4, -0.2) is 37.5 Å². The molecule has 1 N–H and O–H groups in total. The molecule has 0 radical (unpaired) electrons. The fourth-order valence-electron chi connectivity index (χ4n) is 0.979. The Labute approximate surface area is 95.9 Å². The van der Waals surface area contributed by atoms with Gasteiger partial charge in [0.2, 0.25) is 0 Å². The number of hydrogen-bond donors (Lipinski definition) is 1. The number of esters is 1. The van der Waals surface area contributed by atoms with E-state index in [9.17, 15) is 4.79 Å². The third-order valence-electron chi connectivity index (χ3n) is 1.80. The maximum atomic E-state index is 10.6. The summed E-state index contributed by atoms with van der Waals surface area (Å²) in [4.78, 5) is 20.2. The average molecular weight is 232 g/mol. The van der Waals surface area contributed by atoms with Crippen LogP contribution in [0.5, 0.6) is 0 Å². The minimum absolute atomic E-state index is 0.162. The van der Waals surface area contributed by atoms with E-state index in [4.69, 9.17) is 14.9 Å². The van der Waals surface area contributed by atoms with E-state index < -0.39 is 5.97 Å². The van der Waals surface area contributed by atoms with Crippen molar-refractivity contribution in [1.82, 2.24) is 0 Å². The summed E-state index contributed by atoms with van der Waals surface area (Å²) in [7, 11) is 0. The molecule has 0 spiro atoms. The van der Waals surface area contributed by atoms with E-state index in [0.717, 1.165) is 31.8 Å². The van der Waals surface area contributed by atoms with Gasteiger partial charge in [-0.3, -0.25) is 0 Å². The van der Waals surface area contributed by atoms with Crippen LogP contribution in [0.2, 0.25) is 0 Å². The van der Waals surface area contributed by atoms with Crippen molar-refractivity contribution in [3.63, 3.8) is 0 Å². The van der Waals surface area contributed by atoms with Crippen LogP contribution in [0.25, 0.3) is 0 Å². The number of ether oxygens (including phenoxy) is 1. The van der Waals surface area contributed by atoms with Gasteiger partial charge in [0.05, 0.1) is 6.61 Å². The molecule has 0 amide bonds. The zero-order valence-corrected chi connectivity index (χ0v) is 9.52. The van der Waals surface area contributed by atoms with E-state index in [1.165, 1.54) is 0 Å². The molecule has 5 nitrogen and oxygen atoms in total. The van der Waals surface area contributed by atoms with Gasteiger partial charge in [-0.25, -0.2) is 14.6 Å². The van der Waals surface area contributed by atoms with Gasteiger partial charge in [-0.2, -0.15) is 0 Å². The van der Waals surface area contributed by atoms with Crippen LogP contribution in [0.15, 0.2) is 12.7 Å². The van der Waals surface area contributed by atoms with Gasteiger partial charge in [0.15, 0.2) is 0 Å². The Morgan fingerprint density at radius 2 is 1.75 bits per heavy atom. The summed E-state index contributed by atoms with van der Waals surface area (Å²) in [6.07, 6.45) is 4.83. The third-order valence-corrected chi connectivity index (χ3v) is 1.80. The monoisotopic (exact) mass is 232 g/mol. The van der Waals surface area contributed by atoms with Gasteiger partial charge in [-0.1, -0.05) is 19.4 Å². The van der Waals surface area contributed by atoms with Gasteiger partial charge in [0.25, 0.3) is 0 Å². The molecule has 0 aliphatic carbocycles. The zero-order valence-electron chi connectivity index (χ0n) is 9.52. The van der Waals surface area contributed by atoms with Crippen molar-refractivity contribution in [2.75, 3.05) is 26.4 Å². The van der Waals surface area contributed by atoms with Crippen LogP contribution in [0.4, 0.5) is 0 Å². The lowest BCUT2D eigenvalue weighted by Crippen LogP contribution is -2.09. The molecule has 16 heavy (non-hydrogen) atoms. The van der Waals surface area contributed by atoms with E-state index in [0.29, 0.717) is 6.61 Å².